The number of oxime groups is 1. The van der Waals surface area contributed by atoms with Crippen molar-refractivity contribution in [1.82, 2.24) is 0 Å². The van der Waals surface area contributed by atoms with Gasteiger partial charge in [-0.2, -0.15) is 0 Å². The molecular formula is C9H14N2O5. The van der Waals surface area contributed by atoms with E-state index in [2.05, 4.69) is 5.16 Å². The topological polar surface area (TPSA) is 122 Å². The number of carboxylic acid groups (broad SMARTS) is 2. The van der Waals surface area contributed by atoms with Crippen LogP contribution in [0.2, 0.25) is 0 Å². The predicted molar refractivity (Wildman–Crippen MR) is 54.0 cm³/mol. The fourth-order valence-corrected chi connectivity index (χ4v) is 1.56. The number of rotatable bonds is 4. The highest BCUT2D eigenvalue weighted by molar-refractivity contribution is 6.37. The van der Waals surface area contributed by atoms with Crippen LogP contribution >= 0.6 is 0 Å². The summed E-state index contributed by atoms with van der Waals surface area (Å²) in [6.07, 6.45) is -0.0204. The maximum absolute atomic E-state index is 10.9. The lowest BCUT2D eigenvalue weighted by atomic mass is 9.82. The number of carboxylic acids is 2. The number of nitrogens with zero attached hydrogens (tertiary/aromatic N) is 1. The third-order valence-electron chi connectivity index (χ3n) is 2.57. The van der Waals surface area contributed by atoms with Gasteiger partial charge in [0.1, 0.15) is 11.6 Å². The summed E-state index contributed by atoms with van der Waals surface area (Å²) < 4.78 is 0. The first-order chi connectivity index (χ1) is 7.25. The lowest BCUT2D eigenvalue weighted by Crippen LogP contribution is -2.42. The average Bonchev–Trinajstić information content (AvgIpc) is 2.42. The van der Waals surface area contributed by atoms with Gasteiger partial charge in [-0.05, 0) is 20.3 Å². The molecule has 0 aromatic heterocycles. The molecule has 0 amide bonds. The van der Waals surface area contributed by atoms with Gasteiger partial charge in [-0.1, -0.05) is 5.16 Å². The van der Waals surface area contributed by atoms with Gasteiger partial charge in [0.25, 0.3) is 0 Å². The lowest BCUT2D eigenvalue weighted by molar-refractivity contribution is -0.139. The van der Waals surface area contributed by atoms with Gasteiger partial charge in [-0.25, -0.2) is 4.79 Å². The second-order valence-electron chi connectivity index (χ2n) is 4.21. The predicted octanol–water partition coefficient (Wildman–Crippen LogP) is -0.346. The molecule has 7 nitrogen and oxygen atoms in total. The summed E-state index contributed by atoms with van der Waals surface area (Å²) in [7, 11) is 0. The van der Waals surface area contributed by atoms with E-state index in [0.29, 0.717) is 0 Å². The third kappa shape index (κ3) is 2.30. The SMILES string of the molecule is CC1(C)ON=C(C(=O)O)[C@H]1CC(N)C(=O)O. The molecule has 0 radical (unpaired) electrons. The van der Waals surface area contributed by atoms with E-state index in [-0.39, 0.29) is 12.1 Å². The maximum atomic E-state index is 10.9. The number of hydrogen-bond acceptors (Lipinski definition) is 5. The summed E-state index contributed by atoms with van der Waals surface area (Å²) in [5, 5.41) is 21.0. The van der Waals surface area contributed by atoms with Gasteiger partial charge in [0, 0.05) is 0 Å². The highest BCUT2D eigenvalue weighted by atomic mass is 16.7. The summed E-state index contributed by atoms with van der Waals surface area (Å²) in [6, 6.07) is -1.13. The fraction of sp³-hybridized carbons (Fsp3) is 0.667. The zero-order chi connectivity index (χ0) is 12.5. The van der Waals surface area contributed by atoms with Crippen molar-refractivity contribution in [1.29, 1.82) is 0 Å². The van der Waals surface area contributed by atoms with E-state index in [1.807, 2.05) is 0 Å². The Morgan fingerprint density at radius 3 is 2.56 bits per heavy atom. The van der Waals surface area contributed by atoms with Crippen LogP contribution in [0.5, 0.6) is 0 Å². The molecule has 0 saturated carbocycles. The summed E-state index contributed by atoms with van der Waals surface area (Å²) in [6.45, 7) is 3.29. The lowest BCUT2D eigenvalue weighted by Gasteiger charge is -2.25. The van der Waals surface area contributed by atoms with Gasteiger partial charge in [0.05, 0.1) is 5.92 Å². The van der Waals surface area contributed by atoms with Crippen molar-refractivity contribution >= 4 is 17.7 Å². The van der Waals surface area contributed by atoms with E-state index in [9.17, 15) is 9.59 Å². The molecule has 1 aliphatic heterocycles. The Balaban J connectivity index is 2.85. The smallest absolute Gasteiger partial charge is 0.354 e. The van der Waals surface area contributed by atoms with E-state index in [1.165, 1.54) is 0 Å². The van der Waals surface area contributed by atoms with Crippen LogP contribution in [0.15, 0.2) is 5.16 Å². The Labute approximate surface area is 91.9 Å². The minimum Gasteiger partial charge on any atom is -0.480 e. The molecular weight excluding hydrogens is 216 g/mol. The van der Waals surface area contributed by atoms with E-state index in [0.717, 1.165) is 0 Å². The van der Waals surface area contributed by atoms with Gasteiger partial charge in [0.2, 0.25) is 0 Å². The Hall–Kier alpha value is -1.63. The van der Waals surface area contributed by atoms with E-state index >= 15 is 0 Å². The Morgan fingerprint density at radius 1 is 1.56 bits per heavy atom. The van der Waals surface area contributed by atoms with Crippen molar-refractivity contribution in [3.63, 3.8) is 0 Å². The van der Waals surface area contributed by atoms with Crippen molar-refractivity contribution in [3.8, 4) is 0 Å². The highest BCUT2D eigenvalue weighted by Gasteiger charge is 2.45. The van der Waals surface area contributed by atoms with Crippen LogP contribution < -0.4 is 5.73 Å². The molecule has 1 aliphatic rings. The minimum absolute atomic E-state index is 0.0204. The molecule has 16 heavy (non-hydrogen) atoms. The Morgan fingerprint density at radius 2 is 2.12 bits per heavy atom. The molecule has 90 valence electrons. The third-order valence-corrected chi connectivity index (χ3v) is 2.57. The quantitative estimate of drug-likeness (QED) is 0.607. The first-order valence-corrected chi connectivity index (χ1v) is 4.73. The van der Waals surface area contributed by atoms with Crippen LogP contribution in [-0.2, 0) is 14.4 Å². The van der Waals surface area contributed by atoms with Gasteiger partial charge >= 0.3 is 11.9 Å². The van der Waals surface area contributed by atoms with Crippen molar-refractivity contribution in [2.75, 3.05) is 0 Å². The normalized spacial score (nSPS) is 24.4. The molecule has 1 rings (SSSR count). The van der Waals surface area contributed by atoms with Gasteiger partial charge in [-0.3, -0.25) is 4.79 Å². The minimum atomic E-state index is -1.21. The summed E-state index contributed by atoms with van der Waals surface area (Å²) >= 11 is 0. The van der Waals surface area contributed by atoms with Gasteiger partial charge in [0.15, 0.2) is 5.71 Å². The summed E-state index contributed by atoms with van der Waals surface area (Å²) in [5.41, 5.74) is 4.35. The molecule has 0 aliphatic carbocycles. The van der Waals surface area contributed by atoms with Gasteiger partial charge in [-0.15, -0.1) is 0 Å². The number of carbonyl (C=O) groups is 2. The average molecular weight is 230 g/mol. The zero-order valence-corrected chi connectivity index (χ0v) is 9.01. The van der Waals surface area contributed by atoms with E-state index < -0.39 is 29.5 Å². The number of nitrogens with two attached hydrogens (primary N) is 1. The van der Waals surface area contributed by atoms with Crippen LogP contribution in [0.3, 0.4) is 0 Å². The van der Waals surface area contributed by atoms with Crippen molar-refractivity contribution in [3.05, 3.63) is 0 Å². The fourth-order valence-electron chi connectivity index (χ4n) is 1.56. The molecule has 0 saturated heterocycles. The highest BCUT2D eigenvalue weighted by Crippen LogP contribution is 2.32. The van der Waals surface area contributed by atoms with Gasteiger partial charge < -0.3 is 20.8 Å². The molecule has 0 spiro atoms. The Kier molecular flexibility index (Phi) is 3.18. The van der Waals surface area contributed by atoms with E-state index in [4.69, 9.17) is 20.8 Å². The molecule has 1 heterocycles. The first-order valence-electron chi connectivity index (χ1n) is 4.73. The molecule has 0 fully saturated rings. The molecule has 0 bridgehead atoms. The monoisotopic (exact) mass is 230 g/mol. The standard InChI is InChI=1S/C9H14N2O5/c1-9(2)4(3-5(10)7(12)13)6(8(14)15)11-16-9/h4-5H,3,10H2,1-2H3,(H,12,13)(H,14,15)/t4-,5?/m1/s1. The largest absolute Gasteiger partial charge is 0.480 e. The molecule has 0 aromatic carbocycles. The van der Waals surface area contributed by atoms with Crippen molar-refractivity contribution in [2.45, 2.75) is 31.9 Å². The van der Waals surface area contributed by atoms with Crippen LogP contribution in [0, 0.1) is 5.92 Å². The first kappa shape index (κ1) is 12.4. The maximum Gasteiger partial charge on any atom is 0.354 e. The zero-order valence-electron chi connectivity index (χ0n) is 9.01. The van der Waals surface area contributed by atoms with E-state index in [1.54, 1.807) is 13.8 Å². The molecule has 4 N–H and O–H groups in total. The summed E-state index contributed by atoms with van der Waals surface area (Å²) in [5.74, 6) is -3.02. The van der Waals surface area contributed by atoms with Crippen LogP contribution in [0.1, 0.15) is 20.3 Å². The number of hydrogen-bond donors (Lipinski definition) is 3. The Bertz CT molecular complexity index is 350. The van der Waals surface area contributed by atoms with Crippen LogP contribution in [0.4, 0.5) is 0 Å². The van der Waals surface area contributed by atoms with Crippen LogP contribution in [-0.4, -0.2) is 39.5 Å². The molecule has 0 aromatic rings. The van der Waals surface area contributed by atoms with Crippen molar-refractivity contribution < 1.29 is 24.6 Å². The summed E-state index contributed by atoms with van der Waals surface area (Å²) in [4.78, 5) is 26.4. The molecule has 1 unspecified atom stereocenters. The second-order valence-corrected chi connectivity index (χ2v) is 4.21. The molecule has 2 atom stereocenters. The van der Waals surface area contributed by atoms with Crippen molar-refractivity contribution in [2.24, 2.45) is 16.8 Å². The second kappa shape index (κ2) is 4.09. The molecule has 7 heteroatoms. The van der Waals surface area contributed by atoms with Crippen LogP contribution in [0.25, 0.3) is 0 Å². The number of aliphatic carboxylic acids is 2.